The lowest BCUT2D eigenvalue weighted by molar-refractivity contribution is 0.0982. The maximum absolute atomic E-state index is 12.2. The van der Waals surface area contributed by atoms with Crippen LogP contribution in [-0.2, 0) is 0 Å². The maximum Gasteiger partial charge on any atom is 0.210 e. The van der Waals surface area contributed by atoms with Crippen molar-refractivity contribution in [3.05, 3.63) is 64.1 Å². The Kier molecular flexibility index (Phi) is 6.11. The highest BCUT2D eigenvalue weighted by Crippen LogP contribution is 2.23. The predicted molar refractivity (Wildman–Crippen MR) is 109 cm³/mol. The van der Waals surface area contributed by atoms with E-state index in [1.165, 1.54) is 22.0 Å². The summed E-state index contributed by atoms with van der Waals surface area (Å²) in [5, 5.41) is 8.99. The number of ketones is 1. The maximum atomic E-state index is 12.2. The van der Waals surface area contributed by atoms with Gasteiger partial charge in [0.15, 0.2) is 11.6 Å². The van der Waals surface area contributed by atoms with Crippen molar-refractivity contribution in [2.75, 3.05) is 11.6 Å². The van der Waals surface area contributed by atoms with Gasteiger partial charge in [-0.3, -0.25) is 4.79 Å². The number of Topliss-reactive ketones (excluding diaryl/α,β-unsaturated/α-hetero) is 1. The quantitative estimate of drug-likeness (QED) is 0.258. The molecule has 0 aliphatic heterocycles. The Morgan fingerprint density at radius 2 is 1.81 bits per heavy atom. The minimum absolute atomic E-state index is 0.146. The summed E-state index contributed by atoms with van der Waals surface area (Å²) in [6.45, 7) is 2.04. The van der Waals surface area contributed by atoms with Gasteiger partial charge in [-0.1, -0.05) is 69.7 Å². The molecule has 1 heterocycles. The molecule has 2 aromatic carbocycles. The van der Waals surface area contributed by atoms with Crippen molar-refractivity contribution >= 4 is 33.5 Å². The van der Waals surface area contributed by atoms with Crippen LogP contribution in [0.4, 0.5) is 0 Å². The Morgan fingerprint density at radius 3 is 2.50 bits per heavy atom. The molecule has 0 bridgehead atoms. The summed E-state index contributed by atoms with van der Waals surface area (Å²) in [6, 6.07) is 15.4. The van der Waals surface area contributed by atoms with Gasteiger partial charge in [0.2, 0.25) is 5.16 Å². The number of halogens is 1. The molecule has 134 valence electrons. The average molecular weight is 431 g/mol. The molecule has 0 atom stereocenters. The van der Waals surface area contributed by atoms with Crippen LogP contribution in [0, 0.1) is 6.92 Å². The van der Waals surface area contributed by atoms with Crippen molar-refractivity contribution < 1.29 is 4.79 Å². The average Bonchev–Trinajstić information content (AvgIpc) is 3.00. The van der Waals surface area contributed by atoms with Crippen LogP contribution in [0.25, 0.3) is 11.4 Å². The fraction of sp³-hybridized carbons (Fsp3) is 0.211. The monoisotopic (exact) mass is 430 g/mol. The van der Waals surface area contributed by atoms with Gasteiger partial charge in [-0.15, -0.1) is 10.2 Å². The number of benzene rings is 2. The fourth-order valence-electron chi connectivity index (χ4n) is 2.45. The molecular weight excluding hydrogens is 412 g/mol. The summed E-state index contributed by atoms with van der Waals surface area (Å²) >= 11 is 4.88. The molecule has 5 nitrogen and oxygen atoms in total. The molecule has 0 saturated heterocycles. The molecule has 0 spiro atoms. The fourth-order valence-corrected chi connectivity index (χ4v) is 3.51. The van der Waals surface area contributed by atoms with Crippen molar-refractivity contribution in [1.82, 2.24) is 14.9 Å². The molecule has 0 radical (unpaired) electrons. The van der Waals surface area contributed by atoms with Crippen LogP contribution in [0.2, 0.25) is 0 Å². The van der Waals surface area contributed by atoms with Gasteiger partial charge in [0.05, 0.1) is 0 Å². The number of nitrogens with two attached hydrogens (primary N) is 1. The van der Waals surface area contributed by atoms with Crippen LogP contribution < -0.4 is 5.84 Å². The van der Waals surface area contributed by atoms with Gasteiger partial charge in [0.1, 0.15) is 0 Å². The number of aryl methyl sites for hydroxylation is 1. The van der Waals surface area contributed by atoms with Crippen LogP contribution in [0.15, 0.2) is 58.2 Å². The van der Waals surface area contributed by atoms with Crippen molar-refractivity contribution in [3.8, 4) is 11.4 Å². The van der Waals surface area contributed by atoms with Crippen molar-refractivity contribution in [1.29, 1.82) is 0 Å². The van der Waals surface area contributed by atoms with Crippen LogP contribution in [-0.4, -0.2) is 26.4 Å². The molecule has 0 aliphatic carbocycles. The summed E-state index contributed by atoms with van der Waals surface area (Å²) in [5.41, 5.74) is 2.85. The van der Waals surface area contributed by atoms with E-state index >= 15 is 0 Å². The molecule has 3 aromatic rings. The van der Waals surface area contributed by atoms with Gasteiger partial charge in [-0.25, -0.2) is 4.68 Å². The van der Waals surface area contributed by atoms with Gasteiger partial charge in [-0.05, 0) is 25.5 Å². The zero-order valence-electron chi connectivity index (χ0n) is 14.4. The lowest BCUT2D eigenvalue weighted by atomic mass is 10.1. The summed E-state index contributed by atoms with van der Waals surface area (Å²) in [6.07, 6.45) is 1.25. The Balaban J connectivity index is 1.53. The highest BCUT2D eigenvalue weighted by atomic mass is 79.9. The van der Waals surface area contributed by atoms with E-state index in [-0.39, 0.29) is 5.78 Å². The summed E-state index contributed by atoms with van der Waals surface area (Å²) in [5.74, 6) is 7.66. The molecule has 1 aromatic heterocycles. The zero-order chi connectivity index (χ0) is 18.5. The van der Waals surface area contributed by atoms with E-state index in [4.69, 9.17) is 5.84 Å². The Hall–Kier alpha value is -2.12. The molecule has 26 heavy (non-hydrogen) atoms. The van der Waals surface area contributed by atoms with E-state index < -0.39 is 0 Å². The Labute approximate surface area is 165 Å². The van der Waals surface area contributed by atoms with E-state index in [9.17, 15) is 4.79 Å². The minimum Gasteiger partial charge on any atom is -0.335 e. The Bertz CT molecular complexity index is 891. The first-order valence-electron chi connectivity index (χ1n) is 8.23. The first-order valence-corrected chi connectivity index (χ1v) is 10.0. The molecule has 0 unspecified atom stereocenters. The van der Waals surface area contributed by atoms with Crippen molar-refractivity contribution in [2.45, 2.75) is 24.9 Å². The first kappa shape index (κ1) is 18.7. The summed E-state index contributed by atoms with van der Waals surface area (Å²) in [7, 11) is 0. The third-order valence-corrected chi connectivity index (χ3v) is 5.48. The number of thioether (sulfide) groups is 1. The first-order chi connectivity index (χ1) is 12.5. The SMILES string of the molecule is Cc1ccc(-c2nnc(SCCCC(=O)c3ccc(Br)cc3)n2N)cc1. The lowest BCUT2D eigenvalue weighted by Gasteiger charge is -2.04. The summed E-state index contributed by atoms with van der Waals surface area (Å²) in [4.78, 5) is 12.2. The lowest BCUT2D eigenvalue weighted by Crippen LogP contribution is -2.11. The van der Waals surface area contributed by atoms with Crippen molar-refractivity contribution in [2.24, 2.45) is 0 Å². The number of aromatic nitrogens is 3. The van der Waals surface area contributed by atoms with Crippen LogP contribution >= 0.6 is 27.7 Å². The number of nitrogen functional groups attached to an aromatic ring is 1. The number of carbonyl (C=O) groups excluding carboxylic acids is 1. The smallest absolute Gasteiger partial charge is 0.210 e. The van der Waals surface area contributed by atoms with E-state index in [0.717, 1.165) is 27.8 Å². The predicted octanol–water partition coefficient (Wildman–Crippen LogP) is 4.49. The van der Waals surface area contributed by atoms with E-state index in [0.29, 0.717) is 17.4 Å². The molecule has 0 fully saturated rings. The molecule has 0 aliphatic rings. The number of nitrogens with zero attached hydrogens (tertiary/aromatic N) is 3. The second-order valence-electron chi connectivity index (χ2n) is 5.92. The molecule has 0 amide bonds. The van der Waals surface area contributed by atoms with E-state index in [2.05, 4.69) is 26.1 Å². The van der Waals surface area contributed by atoms with Gasteiger partial charge in [-0.2, -0.15) is 0 Å². The van der Waals surface area contributed by atoms with Gasteiger partial charge in [0, 0.05) is 27.8 Å². The third-order valence-electron chi connectivity index (χ3n) is 3.92. The molecule has 0 saturated carbocycles. The minimum atomic E-state index is 0.146. The molecule has 3 rings (SSSR count). The van der Waals surface area contributed by atoms with Crippen LogP contribution in [0.1, 0.15) is 28.8 Å². The third kappa shape index (κ3) is 4.53. The second kappa shape index (κ2) is 8.51. The van der Waals surface area contributed by atoms with Crippen LogP contribution in [0.5, 0.6) is 0 Å². The molecule has 2 N–H and O–H groups in total. The number of hydrogen-bond acceptors (Lipinski definition) is 5. The number of carbonyl (C=O) groups is 1. The summed E-state index contributed by atoms with van der Waals surface area (Å²) < 4.78 is 2.47. The zero-order valence-corrected chi connectivity index (χ0v) is 16.8. The van der Waals surface area contributed by atoms with Gasteiger partial charge in [0.25, 0.3) is 0 Å². The topological polar surface area (TPSA) is 73.8 Å². The molecular formula is C19H19BrN4OS. The molecule has 7 heteroatoms. The van der Waals surface area contributed by atoms with Gasteiger partial charge >= 0.3 is 0 Å². The van der Waals surface area contributed by atoms with E-state index in [1.54, 1.807) is 0 Å². The largest absolute Gasteiger partial charge is 0.335 e. The van der Waals surface area contributed by atoms with Crippen molar-refractivity contribution in [3.63, 3.8) is 0 Å². The second-order valence-corrected chi connectivity index (χ2v) is 7.90. The highest BCUT2D eigenvalue weighted by molar-refractivity contribution is 9.10. The van der Waals surface area contributed by atoms with Gasteiger partial charge < -0.3 is 5.84 Å². The highest BCUT2D eigenvalue weighted by Gasteiger charge is 2.12. The number of rotatable bonds is 7. The normalized spacial score (nSPS) is 10.8. The Morgan fingerprint density at radius 1 is 1.12 bits per heavy atom. The number of hydrogen-bond donors (Lipinski definition) is 1. The van der Waals surface area contributed by atoms with Crippen LogP contribution in [0.3, 0.4) is 0 Å². The standard InChI is InChI=1S/C19H19BrN4OS/c1-13-4-6-15(7-5-13)18-22-23-19(24(18)21)26-12-2-3-17(25)14-8-10-16(20)11-9-14/h4-11H,2-3,12,21H2,1H3. The van der Waals surface area contributed by atoms with E-state index in [1.807, 2.05) is 55.5 Å².